The van der Waals surface area contributed by atoms with Crippen LogP contribution in [0.15, 0.2) is 42.9 Å². The van der Waals surface area contributed by atoms with Crippen molar-refractivity contribution in [1.82, 2.24) is 9.97 Å². The normalized spacial score (nSPS) is 9.52. The number of H-pyrrole nitrogens is 1. The Hall–Kier alpha value is -2.54. The number of hydrogen-bond donors (Lipinski definition) is 2. The topological polar surface area (TPSA) is 95.5 Å². The molecule has 1 heterocycles. The number of halogens is 1. The lowest BCUT2D eigenvalue weighted by Crippen LogP contribution is -2.35. The molecule has 0 radical (unpaired) electrons. The monoisotopic (exact) mass is 311 g/mol. The lowest BCUT2D eigenvalue weighted by atomic mass is 10.3. The molecular weight excluding hydrogens is 298 g/mol. The predicted molar refractivity (Wildman–Crippen MR) is 77.9 cm³/mol. The van der Waals surface area contributed by atoms with Crippen LogP contribution in [0.3, 0.4) is 0 Å². The number of carboxylic acid groups (broad SMARTS) is 1. The van der Waals surface area contributed by atoms with Crippen molar-refractivity contribution in [2.45, 2.75) is 6.42 Å². The Morgan fingerprint density at radius 1 is 1.29 bits per heavy atom. The van der Waals surface area contributed by atoms with E-state index in [2.05, 4.69) is 9.97 Å². The lowest BCUT2D eigenvalue weighted by molar-refractivity contribution is -0.136. The van der Waals surface area contributed by atoms with Gasteiger partial charge in [-0.25, -0.2) is 9.78 Å². The van der Waals surface area contributed by atoms with Crippen molar-refractivity contribution in [3.63, 3.8) is 0 Å². The summed E-state index contributed by atoms with van der Waals surface area (Å²) in [4.78, 5) is 30.4. The highest BCUT2D eigenvalue weighted by Gasteiger charge is 2.19. The van der Waals surface area contributed by atoms with E-state index >= 15 is 0 Å². The van der Waals surface area contributed by atoms with E-state index in [-0.39, 0.29) is 31.3 Å². The van der Waals surface area contributed by atoms with Gasteiger partial charge < -0.3 is 14.8 Å². The van der Waals surface area contributed by atoms with E-state index in [1.54, 1.807) is 30.3 Å². The van der Waals surface area contributed by atoms with E-state index in [1.807, 2.05) is 0 Å². The first-order chi connectivity index (χ1) is 9.66. The Kier molecular flexibility index (Phi) is 6.22. The van der Waals surface area contributed by atoms with E-state index < -0.39 is 12.1 Å². The molecule has 1 amide bonds. The molecule has 112 valence electrons. The second kappa shape index (κ2) is 7.91. The number of amides is 1. The number of aromatic amines is 1. The SMILES string of the molecule is Cl.O=C(O)CCN(C(=O)Oc1cnc[nH]1)c1ccccc1. The average Bonchev–Trinajstić information content (AvgIpc) is 2.92. The third kappa shape index (κ3) is 4.81. The van der Waals surface area contributed by atoms with Crippen molar-refractivity contribution in [1.29, 1.82) is 0 Å². The zero-order chi connectivity index (χ0) is 14.4. The minimum atomic E-state index is -0.986. The first kappa shape index (κ1) is 16.5. The van der Waals surface area contributed by atoms with Gasteiger partial charge in [-0.2, -0.15) is 0 Å². The summed E-state index contributed by atoms with van der Waals surface area (Å²) < 4.78 is 5.08. The molecule has 0 saturated carbocycles. The van der Waals surface area contributed by atoms with E-state index in [9.17, 15) is 9.59 Å². The number of benzene rings is 1. The fourth-order valence-electron chi connectivity index (χ4n) is 1.59. The van der Waals surface area contributed by atoms with Crippen LogP contribution in [0.4, 0.5) is 10.5 Å². The summed E-state index contributed by atoms with van der Waals surface area (Å²) >= 11 is 0. The number of para-hydroxylation sites is 1. The van der Waals surface area contributed by atoms with Crippen molar-refractivity contribution in [2.24, 2.45) is 0 Å². The number of carbonyl (C=O) groups is 2. The molecule has 1 aromatic heterocycles. The van der Waals surface area contributed by atoms with Crippen LogP contribution in [0.5, 0.6) is 5.88 Å². The molecule has 2 rings (SSSR count). The summed E-state index contributed by atoms with van der Waals surface area (Å²) in [5.74, 6) is -0.786. The smallest absolute Gasteiger partial charge is 0.421 e. The van der Waals surface area contributed by atoms with Crippen molar-refractivity contribution >= 4 is 30.2 Å². The Morgan fingerprint density at radius 2 is 2.00 bits per heavy atom. The van der Waals surface area contributed by atoms with Crippen LogP contribution in [0.25, 0.3) is 0 Å². The molecular formula is C13H14ClN3O4. The van der Waals surface area contributed by atoms with Crippen LogP contribution in [0.2, 0.25) is 0 Å². The molecule has 1 aromatic carbocycles. The maximum Gasteiger partial charge on any atom is 0.421 e. The standard InChI is InChI=1S/C13H13N3O4.ClH/c17-12(18)6-7-16(10-4-2-1-3-5-10)13(19)20-11-8-14-9-15-11;/h1-5,8-9H,6-7H2,(H,14,15)(H,17,18);1H. The number of rotatable bonds is 5. The third-order valence-corrected chi connectivity index (χ3v) is 2.51. The van der Waals surface area contributed by atoms with E-state index in [4.69, 9.17) is 9.84 Å². The van der Waals surface area contributed by atoms with Gasteiger partial charge in [-0.3, -0.25) is 9.69 Å². The van der Waals surface area contributed by atoms with Gasteiger partial charge in [-0.1, -0.05) is 18.2 Å². The number of aromatic nitrogens is 2. The van der Waals surface area contributed by atoms with Gasteiger partial charge in [0.2, 0.25) is 5.88 Å². The lowest BCUT2D eigenvalue weighted by Gasteiger charge is -2.20. The zero-order valence-corrected chi connectivity index (χ0v) is 11.7. The van der Waals surface area contributed by atoms with Crippen LogP contribution in [0, 0.1) is 0 Å². The van der Waals surface area contributed by atoms with Gasteiger partial charge >= 0.3 is 12.1 Å². The fraction of sp³-hybridized carbons (Fsp3) is 0.154. The summed E-state index contributed by atoms with van der Waals surface area (Å²) in [6.07, 6.45) is 1.90. The summed E-state index contributed by atoms with van der Waals surface area (Å²) in [6, 6.07) is 8.73. The average molecular weight is 312 g/mol. The number of nitrogens with one attached hydrogen (secondary N) is 1. The van der Waals surface area contributed by atoms with Crippen LogP contribution in [0.1, 0.15) is 6.42 Å². The van der Waals surface area contributed by atoms with Gasteiger partial charge in [0, 0.05) is 12.2 Å². The van der Waals surface area contributed by atoms with Gasteiger partial charge in [0.05, 0.1) is 18.9 Å². The summed E-state index contributed by atoms with van der Waals surface area (Å²) in [5, 5.41) is 8.75. The Morgan fingerprint density at radius 3 is 2.57 bits per heavy atom. The maximum absolute atomic E-state index is 12.1. The van der Waals surface area contributed by atoms with E-state index in [0.717, 1.165) is 0 Å². The van der Waals surface area contributed by atoms with Gasteiger partial charge in [-0.05, 0) is 12.1 Å². The zero-order valence-electron chi connectivity index (χ0n) is 10.9. The molecule has 21 heavy (non-hydrogen) atoms. The van der Waals surface area contributed by atoms with Gasteiger partial charge in [0.15, 0.2) is 0 Å². The van der Waals surface area contributed by atoms with Gasteiger partial charge in [0.1, 0.15) is 0 Å². The molecule has 0 aliphatic carbocycles. The fourth-order valence-corrected chi connectivity index (χ4v) is 1.59. The van der Waals surface area contributed by atoms with Crippen LogP contribution < -0.4 is 9.64 Å². The number of anilines is 1. The number of hydrogen-bond acceptors (Lipinski definition) is 4. The quantitative estimate of drug-likeness (QED) is 0.883. The van der Waals surface area contributed by atoms with Crippen molar-refractivity contribution in [3.05, 3.63) is 42.9 Å². The highest BCUT2D eigenvalue weighted by atomic mass is 35.5. The number of aliphatic carboxylic acids is 1. The van der Waals surface area contributed by atoms with Gasteiger partial charge in [0.25, 0.3) is 0 Å². The van der Waals surface area contributed by atoms with Crippen molar-refractivity contribution in [3.8, 4) is 5.88 Å². The van der Waals surface area contributed by atoms with E-state index in [0.29, 0.717) is 5.69 Å². The molecule has 0 fully saturated rings. The first-order valence-electron chi connectivity index (χ1n) is 5.91. The second-order valence-electron chi connectivity index (χ2n) is 3.91. The Labute approximate surface area is 127 Å². The minimum Gasteiger partial charge on any atom is -0.481 e. The molecule has 8 heteroatoms. The molecule has 0 bridgehead atoms. The summed E-state index contributed by atoms with van der Waals surface area (Å²) in [7, 11) is 0. The molecule has 7 nitrogen and oxygen atoms in total. The Balaban J connectivity index is 0.00000220. The van der Waals surface area contributed by atoms with Gasteiger partial charge in [-0.15, -0.1) is 12.4 Å². The molecule has 2 N–H and O–H groups in total. The molecule has 0 spiro atoms. The number of nitrogens with zero attached hydrogens (tertiary/aromatic N) is 2. The molecule has 0 aliphatic rings. The largest absolute Gasteiger partial charge is 0.481 e. The third-order valence-electron chi connectivity index (χ3n) is 2.51. The highest BCUT2D eigenvalue weighted by molar-refractivity contribution is 5.89. The number of carbonyl (C=O) groups excluding carboxylic acids is 1. The van der Waals surface area contributed by atoms with Crippen molar-refractivity contribution in [2.75, 3.05) is 11.4 Å². The van der Waals surface area contributed by atoms with E-state index in [1.165, 1.54) is 17.4 Å². The minimum absolute atomic E-state index is 0. The van der Waals surface area contributed by atoms with Crippen molar-refractivity contribution < 1.29 is 19.4 Å². The first-order valence-corrected chi connectivity index (χ1v) is 5.91. The second-order valence-corrected chi connectivity index (χ2v) is 3.91. The number of imidazole rings is 1. The molecule has 2 aromatic rings. The predicted octanol–water partition coefficient (Wildman–Crippen LogP) is 2.31. The summed E-state index contributed by atoms with van der Waals surface area (Å²) in [6.45, 7) is 0.0202. The summed E-state index contributed by atoms with van der Waals surface area (Å²) in [5.41, 5.74) is 0.568. The molecule has 0 atom stereocenters. The maximum atomic E-state index is 12.1. The molecule has 0 unspecified atom stereocenters. The Bertz CT molecular complexity index is 574. The van der Waals surface area contributed by atoms with Crippen LogP contribution in [-0.4, -0.2) is 33.7 Å². The number of carboxylic acids is 1. The molecule has 0 aliphatic heterocycles. The number of ether oxygens (including phenoxy) is 1. The van der Waals surface area contributed by atoms with Crippen LogP contribution >= 0.6 is 12.4 Å². The molecule has 0 saturated heterocycles. The van der Waals surface area contributed by atoms with Crippen LogP contribution in [-0.2, 0) is 4.79 Å². The highest BCUT2D eigenvalue weighted by Crippen LogP contribution is 2.16.